The molecule has 21 heavy (non-hydrogen) atoms. The molecule has 0 spiro atoms. The van der Waals surface area contributed by atoms with Gasteiger partial charge in [-0.05, 0) is 43.0 Å². The fraction of sp³-hybridized carbons (Fsp3) is 0.235. The minimum atomic E-state index is -3.60. The molecular weight excluding hydrogens is 284 g/mol. The predicted octanol–water partition coefficient (Wildman–Crippen LogP) is 3.27. The monoisotopic (exact) mass is 300 g/mol. The van der Waals surface area contributed by atoms with Gasteiger partial charge in [0.2, 0.25) is 9.84 Å². The summed E-state index contributed by atoms with van der Waals surface area (Å²) in [6, 6.07) is 10.4. The average molecular weight is 300 g/mol. The van der Waals surface area contributed by atoms with Crippen molar-refractivity contribution in [3.8, 4) is 0 Å². The average Bonchev–Trinajstić information content (AvgIpc) is 2.80. The van der Waals surface area contributed by atoms with Crippen molar-refractivity contribution in [2.24, 2.45) is 0 Å². The summed E-state index contributed by atoms with van der Waals surface area (Å²) in [5.74, 6) is 0.0311. The summed E-state index contributed by atoms with van der Waals surface area (Å²) < 4.78 is 26.1. The number of rotatable bonds is 2. The van der Waals surface area contributed by atoms with Gasteiger partial charge in [0, 0.05) is 12.0 Å². The molecule has 2 aromatic carbocycles. The Kier molecular flexibility index (Phi) is 3.21. The Hall–Kier alpha value is -1.94. The first kappa shape index (κ1) is 14.0. The van der Waals surface area contributed by atoms with Crippen molar-refractivity contribution in [2.75, 3.05) is 0 Å². The van der Waals surface area contributed by atoms with Gasteiger partial charge in [0.25, 0.3) is 0 Å². The van der Waals surface area contributed by atoms with Gasteiger partial charge in [0.15, 0.2) is 5.78 Å². The van der Waals surface area contributed by atoms with Crippen molar-refractivity contribution in [3.63, 3.8) is 0 Å². The molecule has 0 fully saturated rings. The lowest BCUT2D eigenvalue weighted by Crippen LogP contribution is -2.09. The highest BCUT2D eigenvalue weighted by molar-refractivity contribution is 7.91. The Labute approximate surface area is 124 Å². The zero-order valence-electron chi connectivity index (χ0n) is 12.0. The van der Waals surface area contributed by atoms with Crippen LogP contribution in [0.2, 0.25) is 0 Å². The lowest BCUT2D eigenvalue weighted by Gasteiger charge is -2.13. The molecule has 4 heteroatoms. The molecule has 0 amide bonds. The minimum absolute atomic E-state index is 0.0311. The number of hydrogen-bond acceptors (Lipinski definition) is 3. The molecule has 0 saturated carbocycles. The van der Waals surface area contributed by atoms with Crippen LogP contribution >= 0.6 is 0 Å². The van der Waals surface area contributed by atoms with Crippen LogP contribution in [0.1, 0.15) is 33.5 Å². The molecule has 3 nitrogen and oxygen atoms in total. The third-order valence-electron chi connectivity index (χ3n) is 4.00. The zero-order chi connectivity index (χ0) is 15.2. The molecule has 1 aliphatic carbocycles. The van der Waals surface area contributed by atoms with E-state index in [0.717, 1.165) is 11.1 Å². The maximum atomic E-state index is 13.0. The van der Waals surface area contributed by atoms with Gasteiger partial charge in [-0.25, -0.2) is 8.42 Å². The van der Waals surface area contributed by atoms with Gasteiger partial charge >= 0.3 is 0 Å². The second-order valence-corrected chi connectivity index (χ2v) is 7.28. The molecule has 0 aromatic heterocycles. The van der Waals surface area contributed by atoms with Gasteiger partial charge < -0.3 is 0 Å². The van der Waals surface area contributed by atoms with Crippen LogP contribution in [-0.2, 0) is 16.3 Å². The van der Waals surface area contributed by atoms with Crippen LogP contribution in [0.5, 0.6) is 0 Å². The quantitative estimate of drug-likeness (QED) is 0.855. The van der Waals surface area contributed by atoms with Crippen molar-refractivity contribution in [2.45, 2.75) is 36.5 Å². The maximum absolute atomic E-state index is 13.0. The fourth-order valence-electron chi connectivity index (χ4n) is 3.04. The van der Waals surface area contributed by atoms with Gasteiger partial charge in [0.05, 0.1) is 9.79 Å². The van der Waals surface area contributed by atoms with Crippen molar-refractivity contribution in [1.29, 1.82) is 0 Å². The van der Waals surface area contributed by atoms with E-state index in [1.54, 1.807) is 44.2 Å². The van der Waals surface area contributed by atoms with Crippen molar-refractivity contribution in [3.05, 3.63) is 58.7 Å². The van der Waals surface area contributed by atoms with E-state index < -0.39 is 9.84 Å². The molecule has 1 aliphatic rings. The van der Waals surface area contributed by atoms with Crippen LogP contribution in [0, 0.1) is 13.8 Å². The molecule has 0 unspecified atom stereocenters. The van der Waals surface area contributed by atoms with Crippen LogP contribution in [-0.4, -0.2) is 14.2 Å². The molecule has 0 saturated heterocycles. The number of sulfone groups is 1. The van der Waals surface area contributed by atoms with E-state index in [9.17, 15) is 13.2 Å². The predicted molar refractivity (Wildman–Crippen MR) is 80.5 cm³/mol. The van der Waals surface area contributed by atoms with E-state index in [1.165, 1.54) is 0 Å². The van der Waals surface area contributed by atoms with Crippen LogP contribution in [0.15, 0.2) is 46.2 Å². The van der Waals surface area contributed by atoms with Gasteiger partial charge in [-0.15, -0.1) is 0 Å². The van der Waals surface area contributed by atoms with Crippen LogP contribution in [0.4, 0.5) is 0 Å². The standard InChI is InChI=1S/C17H16O3S/c1-11-5-3-6-12(2)17(11)21(19,20)16-8-4-7-13-14(16)9-10-15(13)18/h3-8H,9-10H2,1-2H3. The molecular formula is C17H16O3S. The molecule has 0 heterocycles. The molecule has 0 N–H and O–H groups in total. The Morgan fingerprint density at radius 1 is 0.905 bits per heavy atom. The van der Waals surface area contributed by atoms with Gasteiger partial charge in [-0.3, -0.25) is 4.79 Å². The zero-order valence-corrected chi connectivity index (χ0v) is 12.8. The largest absolute Gasteiger partial charge is 0.294 e. The highest BCUT2D eigenvalue weighted by atomic mass is 32.2. The number of carbonyl (C=O) groups excluding carboxylic acids is 1. The second-order valence-electron chi connectivity index (χ2n) is 5.43. The third-order valence-corrected chi connectivity index (χ3v) is 6.15. The number of Topliss-reactive ketones (excluding diaryl/α,β-unsaturated/α-hetero) is 1. The highest BCUT2D eigenvalue weighted by Crippen LogP contribution is 2.34. The summed E-state index contributed by atoms with van der Waals surface area (Å²) in [6.45, 7) is 3.60. The summed E-state index contributed by atoms with van der Waals surface area (Å²) >= 11 is 0. The van der Waals surface area contributed by atoms with Crippen molar-refractivity contribution in [1.82, 2.24) is 0 Å². The fourth-order valence-corrected chi connectivity index (χ4v) is 5.04. The first-order valence-corrected chi connectivity index (χ1v) is 8.37. The molecule has 0 atom stereocenters. The van der Waals surface area contributed by atoms with E-state index in [2.05, 4.69) is 0 Å². The number of ketones is 1. The summed E-state index contributed by atoms with van der Waals surface area (Å²) in [6.07, 6.45) is 0.906. The topological polar surface area (TPSA) is 51.2 Å². The van der Waals surface area contributed by atoms with E-state index in [4.69, 9.17) is 0 Å². The normalized spacial score (nSPS) is 14.3. The molecule has 0 radical (unpaired) electrons. The number of hydrogen-bond donors (Lipinski definition) is 0. The van der Waals surface area contributed by atoms with Crippen LogP contribution in [0.3, 0.4) is 0 Å². The van der Waals surface area contributed by atoms with E-state index >= 15 is 0 Å². The summed E-state index contributed by atoms with van der Waals surface area (Å²) in [5, 5.41) is 0. The minimum Gasteiger partial charge on any atom is -0.294 e. The van der Waals surface area contributed by atoms with E-state index in [1.807, 2.05) is 6.07 Å². The first-order chi connectivity index (χ1) is 9.93. The number of carbonyl (C=O) groups is 1. The number of aryl methyl sites for hydroxylation is 2. The lowest BCUT2D eigenvalue weighted by atomic mass is 10.1. The van der Waals surface area contributed by atoms with Gasteiger partial charge in [-0.1, -0.05) is 30.3 Å². The Morgan fingerprint density at radius 2 is 1.52 bits per heavy atom. The summed E-state index contributed by atoms with van der Waals surface area (Å²) in [5.41, 5.74) is 2.70. The SMILES string of the molecule is Cc1cccc(C)c1S(=O)(=O)c1cccc2c1CCC2=O. The number of benzene rings is 2. The summed E-state index contributed by atoms with van der Waals surface area (Å²) in [4.78, 5) is 12.5. The molecule has 2 aromatic rings. The van der Waals surface area contributed by atoms with Crippen LogP contribution < -0.4 is 0 Å². The van der Waals surface area contributed by atoms with Crippen LogP contribution in [0.25, 0.3) is 0 Å². The Bertz CT molecular complexity index is 828. The number of fused-ring (bicyclic) bond motifs is 1. The maximum Gasteiger partial charge on any atom is 0.207 e. The molecule has 108 valence electrons. The highest BCUT2D eigenvalue weighted by Gasteiger charge is 2.30. The third kappa shape index (κ3) is 2.10. The van der Waals surface area contributed by atoms with E-state index in [0.29, 0.717) is 28.9 Å². The van der Waals surface area contributed by atoms with Gasteiger partial charge in [0.1, 0.15) is 0 Å². The Morgan fingerprint density at radius 3 is 2.19 bits per heavy atom. The van der Waals surface area contributed by atoms with E-state index in [-0.39, 0.29) is 10.7 Å². The Balaban J connectivity index is 2.28. The first-order valence-electron chi connectivity index (χ1n) is 6.89. The van der Waals surface area contributed by atoms with Crippen molar-refractivity contribution < 1.29 is 13.2 Å². The molecule has 0 aliphatic heterocycles. The second kappa shape index (κ2) is 4.81. The molecule has 0 bridgehead atoms. The van der Waals surface area contributed by atoms with Crippen molar-refractivity contribution >= 4 is 15.6 Å². The summed E-state index contributed by atoms with van der Waals surface area (Å²) in [7, 11) is -3.60. The smallest absolute Gasteiger partial charge is 0.207 e. The van der Waals surface area contributed by atoms with Gasteiger partial charge in [-0.2, -0.15) is 0 Å². The molecule has 3 rings (SSSR count). The lowest BCUT2D eigenvalue weighted by molar-refractivity contribution is 0.0994.